The molecule has 8 nitrogen and oxygen atoms in total. The van der Waals surface area contributed by atoms with E-state index < -0.39 is 18.1 Å². The van der Waals surface area contributed by atoms with Crippen LogP contribution in [0.1, 0.15) is 28.8 Å². The average molecular weight is 400 g/mol. The highest BCUT2D eigenvalue weighted by molar-refractivity contribution is 6.01. The Labute approximate surface area is 168 Å². The molecule has 0 heterocycles. The van der Waals surface area contributed by atoms with Crippen molar-refractivity contribution in [3.05, 3.63) is 59.7 Å². The van der Waals surface area contributed by atoms with E-state index in [0.717, 1.165) is 5.56 Å². The van der Waals surface area contributed by atoms with Crippen LogP contribution in [0.3, 0.4) is 0 Å². The first-order valence-electron chi connectivity index (χ1n) is 9.03. The van der Waals surface area contributed by atoms with E-state index in [9.17, 15) is 19.5 Å². The number of benzene rings is 2. The minimum Gasteiger partial charge on any atom is -0.497 e. The van der Waals surface area contributed by atoms with Gasteiger partial charge in [-0.1, -0.05) is 30.3 Å². The third-order valence-electron chi connectivity index (χ3n) is 4.26. The van der Waals surface area contributed by atoms with Crippen LogP contribution in [0.5, 0.6) is 5.75 Å². The third-order valence-corrected chi connectivity index (χ3v) is 4.26. The summed E-state index contributed by atoms with van der Waals surface area (Å²) in [5.41, 5.74) is 1.78. The first kappa shape index (κ1) is 21.7. The van der Waals surface area contributed by atoms with E-state index in [4.69, 9.17) is 9.47 Å². The number of ketones is 1. The molecule has 8 heteroatoms. The van der Waals surface area contributed by atoms with Crippen molar-refractivity contribution in [2.45, 2.75) is 25.5 Å². The topological polar surface area (TPSA) is 114 Å². The van der Waals surface area contributed by atoms with Gasteiger partial charge in [0.15, 0.2) is 5.78 Å². The van der Waals surface area contributed by atoms with Crippen molar-refractivity contribution >= 4 is 23.5 Å². The van der Waals surface area contributed by atoms with Gasteiger partial charge < -0.3 is 25.2 Å². The third kappa shape index (κ3) is 6.53. The molecule has 0 saturated carbocycles. The lowest BCUT2D eigenvalue weighted by atomic mass is 10.0. The van der Waals surface area contributed by atoms with Crippen LogP contribution in [-0.2, 0) is 16.1 Å². The fourth-order valence-corrected chi connectivity index (χ4v) is 2.67. The van der Waals surface area contributed by atoms with E-state index in [-0.39, 0.29) is 25.2 Å². The SMILES string of the molecule is CNc1cc(OC)ccc1C(=O)CCC(NC(=O)OCc1ccccc1)C(=O)O. The number of ether oxygens (including phenoxy) is 2. The van der Waals surface area contributed by atoms with Crippen molar-refractivity contribution in [3.8, 4) is 5.75 Å². The Kier molecular flexibility index (Phi) is 8.02. The first-order chi connectivity index (χ1) is 13.9. The molecule has 154 valence electrons. The van der Waals surface area contributed by atoms with Crippen LogP contribution in [0.2, 0.25) is 0 Å². The lowest BCUT2D eigenvalue weighted by molar-refractivity contribution is -0.139. The lowest BCUT2D eigenvalue weighted by Gasteiger charge is -2.15. The number of amides is 1. The highest BCUT2D eigenvalue weighted by atomic mass is 16.5. The highest BCUT2D eigenvalue weighted by Gasteiger charge is 2.23. The van der Waals surface area contributed by atoms with Crippen LogP contribution >= 0.6 is 0 Å². The Bertz CT molecular complexity index is 854. The maximum absolute atomic E-state index is 12.5. The van der Waals surface area contributed by atoms with Gasteiger partial charge in [0.25, 0.3) is 0 Å². The molecule has 0 spiro atoms. The molecule has 0 fully saturated rings. The van der Waals surface area contributed by atoms with Gasteiger partial charge in [-0.25, -0.2) is 9.59 Å². The summed E-state index contributed by atoms with van der Waals surface area (Å²) < 4.78 is 10.2. The second kappa shape index (κ2) is 10.7. The molecule has 0 aliphatic heterocycles. The number of hydrogen-bond donors (Lipinski definition) is 3. The number of hydrogen-bond acceptors (Lipinski definition) is 6. The zero-order valence-electron chi connectivity index (χ0n) is 16.3. The number of alkyl carbamates (subject to hydrolysis) is 1. The molecule has 0 aliphatic carbocycles. The number of carbonyl (C=O) groups excluding carboxylic acids is 2. The van der Waals surface area contributed by atoms with Crippen LogP contribution in [0.4, 0.5) is 10.5 Å². The van der Waals surface area contributed by atoms with Crippen LogP contribution in [0.25, 0.3) is 0 Å². The second-order valence-corrected chi connectivity index (χ2v) is 6.22. The van der Waals surface area contributed by atoms with Crippen molar-refractivity contribution in [2.75, 3.05) is 19.5 Å². The summed E-state index contributed by atoms with van der Waals surface area (Å²) in [6, 6.07) is 12.7. The summed E-state index contributed by atoms with van der Waals surface area (Å²) in [7, 11) is 3.20. The summed E-state index contributed by atoms with van der Waals surface area (Å²) in [5, 5.41) is 14.6. The number of carboxylic acid groups (broad SMARTS) is 1. The van der Waals surface area contributed by atoms with Crippen molar-refractivity contribution in [2.24, 2.45) is 0 Å². The van der Waals surface area contributed by atoms with E-state index in [1.807, 2.05) is 6.07 Å². The molecule has 0 aromatic heterocycles. The molecule has 3 N–H and O–H groups in total. The van der Waals surface area contributed by atoms with Crippen molar-refractivity contribution < 1.29 is 29.0 Å². The molecule has 0 radical (unpaired) electrons. The maximum Gasteiger partial charge on any atom is 0.408 e. The van der Waals surface area contributed by atoms with E-state index in [1.54, 1.807) is 49.5 Å². The smallest absolute Gasteiger partial charge is 0.408 e. The fraction of sp³-hybridized carbons (Fsp3) is 0.286. The lowest BCUT2D eigenvalue weighted by Crippen LogP contribution is -2.41. The molecule has 0 bridgehead atoms. The van der Waals surface area contributed by atoms with Crippen molar-refractivity contribution in [1.29, 1.82) is 0 Å². The second-order valence-electron chi connectivity index (χ2n) is 6.22. The molecule has 2 aromatic carbocycles. The van der Waals surface area contributed by atoms with Gasteiger partial charge in [-0.05, 0) is 24.1 Å². The van der Waals surface area contributed by atoms with Crippen LogP contribution < -0.4 is 15.4 Å². The predicted molar refractivity (Wildman–Crippen MR) is 107 cm³/mol. The number of anilines is 1. The molecule has 1 amide bonds. The maximum atomic E-state index is 12.5. The van der Waals surface area contributed by atoms with Gasteiger partial charge >= 0.3 is 12.1 Å². The average Bonchev–Trinajstić information content (AvgIpc) is 2.74. The van der Waals surface area contributed by atoms with E-state index in [0.29, 0.717) is 17.0 Å². The Balaban J connectivity index is 1.92. The normalized spacial score (nSPS) is 11.2. The minimum atomic E-state index is -1.24. The van der Waals surface area contributed by atoms with Gasteiger partial charge in [-0.15, -0.1) is 0 Å². The fourth-order valence-electron chi connectivity index (χ4n) is 2.67. The molecule has 1 atom stereocenters. The summed E-state index contributed by atoms with van der Waals surface area (Å²) in [5.74, 6) is -0.891. The first-order valence-corrected chi connectivity index (χ1v) is 9.03. The van der Waals surface area contributed by atoms with Gasteiger partial charge in [0.05, 0.1) is 7.11 Å². The molecule has 0 aliphatic rings. The number of carbonyl (C=O) groups is 3. The van der Waals surface area contributed by atoms with Gasteiger partial charge in [0.2, 0.25) is 0 Å². The number of rotatable bonds is 10. The molecule has 1 unspecified atom stereocenters. The van der Waals surface area contributed by atoms with Crippen LogP contribution in [0.15, 0.2) is 48.5 Å². The number of carboxylic acids is 1. The van der Waals surface area contributed by atoms with Gasteiger partial charge in [0.1, 0.15) is 18.4 Å². The molecule has 2 rings (SSSR count). The van der Waals surface area contributed by atoms with Crippen molar-refractivity contribution in [1.82, 2.24) is 5.32 Å². The van der Waals surface area contributed by atoms with Gasteiger partial charge in [0, 0.05) is 30.8 Å². The number of aliphatic carboxylic acids is 1. The Morgan fingerprint density at radius 2 is 1.83 bits per heavy atom. The molecule has 2 aromatic rings. The summed E-state index contributed by atoms with van der Waals surface area (Å²) in [6.07, 6.45) is -0.977. The van der Waals surface area contributed by atoms with E-state index in [2.05, 4.69) is 10.6 Å². The summed E-state index contributed by atoms with van der Waals surface area (Å²) >= 11 is 0. The monoisotopic (exact) mass is 400 g/mol. The van der Waals surface area contributed by atoms with Crippen LogP contribution in [0, 0.1) is 0 Å². The Morgan fingerprint density at radius 3 is 2.45 bits per heavy atom. The van der Waals surface area contributed by atoms with Crippen molar-refractivity contribution in [3.63, 3.8) is 0 Å². The minimum absolute atomic E-state index is 0.0231. The van der Waals surface area contributed by atoms with E-state index >= 15 is 0 Å². The molecule has 0 saturated heterocycles. The summed E-state index contributed by atoms with van der Waals surface area (Å²) in [4.78, 5) is 35.9. The Hall–Kier alpha value is -3.55. The zero-order chi connectivity index (χ0) is 21.2. The molecule has 29 heavy (non-hydrogen) atoms. The quantitative estimate of drug-likeness (QED) is 0.525. The number of methoxy groups -OCH3 is 1. The number of Topliss-reactive ketones (excluding diaryl/α,β-unsaturated/α-hetero) is 1. The van der Waals surface area contributed by atoms with E-state index in [1.165, 1.54) is 7.11 Å². The zero-order valence-corrected chi connectivity index (χ0v) is 16.3. The summed E-state index contributed by atoms with van der Waals surface area (Å²) in [6.45, 7) is 0.0231. The van der Waals surface area contributed by atoms with Gasteiger partial charge in [-0.2, -0.15) is 0 Å². The highest BCUT2D eigenvalue weighted by Crippen LogP contribution is 2.24. The molecular weight excluding hydrogens is 376 g/mol. The predicted octanol–water partition coefficient (Wildman–Crippen LogP) is 3.08. The Morgan fingerprint density at radius 1 is 1.10 bits per heavy atom. The number of nitrogens with one attached hydrogen (secondary N) is 2. The largest absolute Gasteiger partial charge is 0.497 e. The molecular formula is C21H24N2O6. The van der Waals surface area contributed by atoms with Gasteiger partial charge in [-0.3, -0.25) is 4.79 Å². The standard InChI is InChI=1S/C21H24N2O6/c1-22-18-12-15(28-2)8-9-16(18)19(24)11-10-17(20(25)26)23-21(27)29-13-14-6-4-3-5-7-14/h3-9,12,17,22H,10-11,13H2,1-2H3,(H,23,27)(H,25,26). The van der Waals surface area contributed by atoms with Crippen LogP contribution in [-0.4, -0.2) is 43.2 Å².